The molecule has 0 radical (unpaired) electrons. The van der Waals surface area contributed by atoms with E-state index in [9.17, 15) is 10.2 Å². The smallest absolute Gasteiger partial charge is 0.152 e. The van der Waals surface area contributed by atoms with E-state index >= 15 is 0 Å². The zero-order valence-electron chi connectivity index (χ0n) is 16.6. The van der Waals surface area contributed by atoms with Crippen LogP contribution in [0.4, 0.5) is 5.82 Å². The van der Waals surface area contributed by atoms with Crippen molar-refractivity contribution >= 4 is 28.9 Å². The lowest BCUT2D eigenvalue weighted by Gasteiger charge is -2.32. The second-order valence-electron chi connectivity index (χ2n) is 8.54. The van der Waals surface area contributed by atoms with Gasteiger partial charge in [-0.25, -0.2) is 14.5 Å². The number of aliphatic hydroxyl groups excluding tert-OH is 2. The predicted octanol–water partition coefficient (Wildman–Crippen LogP) is 0.504. The van der Waals surface area contributed by atoms with Gasteiger partial charge in [0.05, 0.1) is 29.3 Å². The molecule has 0 saturated heterocycles. The molecule has 0 aliphatic heterocycles. The first kappa shape index (κ1) is 19.8. The molecule has 2 aromatic rings. The number of amidine groups is 1. The summed E-state index contributed by atoms with van der Waals surface area (Å²) in [7, 11) is 2.04. The van der Waals surface area contributed by atoms with Crippen LogP contribution >= 0.6 is 0 Å². The molecule has 2 aliphatic carbocycles. The SMILES string of the molecule is C[N+](=CC1CC(n2ccc3c(N)ncnc32)C(O)C1O)C1CC(CCC(=N)N)C1. The molecule has 7 N–H and O–H groups in total. The third-order valence-electron chi connectivity index (χ3n) is 6.63. The molecule has 4 unspecified atom stereocenters. The average molecular weight is 401 g/mol. The van der Waals surface area contributed by atoms with Crippen LogP contribution < -0.4 is 11.5 Å². The average Bonchev–Trinajstić information content (AvgIpc) is 3.17. The number of nitrogens with one attached hydrogen (secondary N) is 1. The van der Waals surface area contributed by atoms with Crippen molar-refractivity contribution in [3.63, 3.8) is 0 Å². The Morgan fingerprint density at radius 1 is 1.31 bits per heavy atom. The van der Waals surface area contributed by atoms with Crippen molar-refractivity contribution in [2.75, 3.05) is 12.8 Å². The first-order valence-electron chi connectivity index (χ1n) is 10.2. The van der Waals surface area contributed by atoms with E-state index in [4.69, 9.17) is 16.9 Å². The molecule has 9 heteroatoms. The minimum Gasteiger partial charge on any atom is -0.389 e. The third-order valence-corrected chi connectivity index (χ3v) is 6.63. The molecule has 2 aliphatic rings. The summed E-state index contributed by atoms with van der Waals surface area (Å²) >= 11 is 0. The highest BCUT2D eigenvalue weighted by Crippen LogP contribution is 2.38. The van der Waals surface area contributed by atoms with Gasteiger partial charge in [-0.3, -0.25) is 5.41 Å². The molecular formula is C20H30N7O2+. The molecule has 4 atom stereocenters. The fourth-order valence-corrected chi connectivity index (χ4v) is 4.78. The highest BCUT2D eigenvalue weighted by molar-refractivity contribution is 5.86. The molecular weight excluding hydrogens is 370 g/mol. The van der Waals surface area contributed by atoms with Gasteiger partial charge in [-0.1, -0.05) is 0 Å². The molecule has 156 valence electrons. The van der Waals surface area contributed by atoms with Gasteiger partial charge in [0.25, 0.3) is 0 Å². The van der Waals surface area contributed by atoms with E-state index in [-0.39, 0.29) is 17.8 Å². The Kier molecular flexibility index (Phi) is 5.26. The summed E-state index contributed by atoms with van der Waals surface area (Å²) < 4.78 is 4.08. The van der Waals surface area contributed by atoms with Gasteiger partial charge < -0.3 is 26.2 Å². The summed E-state index contributed by atoms with van der Waals surface area (Å²) in [6.45, 7) is 0. The van der Waals surface area contributed by atoms with Gasteiger partial charge in [-0.15, -0.1) is 0 Å². The molecule has 0 amide bonds. The molecule has 2 saturated carbocycles. The van der Waals surface area contributed by atoms with Crippen LogP contribution in [0, 0.1) is 17.2 Å². The van der Waals surface area contributed by atoms with Gasteiger partial charge in [0.2, 0.25) is 0 Å². The van der Waals surface area contributed by atoms with Crippen LogP contribution in [-0.4, -0.2) is 66.7 Å². The van der Waals surface area contributed by atoms with Crippen LogP contribution in [0.2, 0.25) is 0 Å². The van der Waals surface area contributed by atoms with Gasteiger partial charge in [-0.2, -0.15) is 0 Å². The minimum absolute atomic E-state index is 0.132. The van der Waals surface area contributed by atoms with E-state index in [1.54, 1.807) is 0 Å². The maximum absolute atomic E-state index is 10.7. The lowest BCUT2D eigenvalue weighted by atomic mass is 9.77. The Balaban J connectivity index is 1.44. The van der Waals surface area contributed by atoms with Crippen molar-refractivity contribution in [2.24, 2.45) is 17.6 Å². The lowest BCUT2D eigenvalue weighted by Crippen LogP contribution is -2.40. The number of nitrogens with zero attached hydrogens (tertiary/aromatic N) is 4. The Hall–Kier alpha value is -2.52. The fourth-order valence-electron chi connectivity index (χ4n) is 4.78. The topological polar surface area (TPSA) is 150 Å². The number of rotatable bonds is 6. The Morgan fingerprint density at radius 2 is 2.07 bits per heavy atom. The van der Waals surface area contributed by atoms with Crippen LogP contribution in [0.5, 0.6) is 0 Å². The van der Waals surface area contributed by atoms with Gasteiger partial charge in [0.15, 0.2) is 6.04 Å². The number of hydrogen-bond donors (Lipinski definition) is 5. The number of aromatic nitrogens is 3. The summed E-state index contributed by atoms with van der Waals surface area (Å²) in [5, 5.41) is 29.5. The lowest BCUT2D eigenvalue weighted by molar-refractivity contribution is -0.554. The van der Waals surface area contributed by atoms with E-state index < -0.39 is 12.2 Å². The minimum atomic E-state index is -0.874. The van der Waals surface area contributed by atoms with Crippen molar-refractivity contribution in [3.05, 3.63) is 18.6 Å². The number of fused-ring (bicyclic) bond motifs is 1. The summed E-state index contributed by atoms with van der Waals surface area (Å²) in [6.07, 6.45) is 8.05. The normalized spacial score (nSPS) is 32.4. The maximum Gasteiger partial charge on any atom is 0.152 e. The predicted molar refractivity (Wildman–Crippen MR) is 111 cm³/mol. The molecule has 0 aromatic carbocycles. The zero-order valence-corrected chi connectivity index (χ0v) is 16.6. The van der Waals surface area contributed by atoms with Crippen molar-refractivity contribution in [2.45, 2.75) is 56.4 Å². The quantitative estimate of drug-likeness (QED) is 0.271. The van der Waals surface area contributed by atoms with Crippen LogP contribution in [0.3, 0.4) is 0 Å². The van der Waals surface area contributed by atoms with Crippen molar-refractivity contribution in [1.29, 1.82) is 5.41 Å². The van der Waals surface area contributed by atoms with E-state index in [1.165, 1.54) is 6.33 Å². The number of nitrogens with two attached hydrogens (primary N) is 2. The summed E-state index contributed by atoms with van der Waals surface area (Å²) in [4.78, 5) is 8.32. The second kappa shape index (κ2) is 7.72. The maximum atomic E-state index is 10.7. The molecule has 2 fully saturated rings. The summed E-state index contributed by atoms with van der Waals surface area (Å²) in [6, 6.07) is 2.02. The van der Waals surface area contributed by atoms with Crippen molar-refractivity contribution in [3.8, 4) is 0 Å². The number of aliphatic hydroxyl groups is 2. The first-order chi connectivity index (χ1) is 13.8. The second-order valence-corrected chi connectivity index (χ2v) is 8.54. The Bertz CT molecular complexity index is 934. The van der Waals surface area contributed by atoms with Crippen LogP contribution in [-0.2, 0) is 0 Å². The number of anilines is 1. The molecule has 4 rings (SSSR count). The molecule has 9 nitrogen and oxygen atoms in total. The first-order valence-corrected chi connectivity index (χ1v) is 10.2. The van der Waals surface area contributed by atoms with Gasteiger partial charge in [0.1, 0.15) is 37.2 Å². The van der Waals surface area contributed by atoms with E-state index in [0.717, 1.165) is 24.6 Å². The van der Waals surface area contributed by atoms with Crippen LogP contribution in [0.25, 0.3) is 11.0 Å². The van der Waals surface area contributed by atoms with Gasteiger partial charge >= 0.3 is 0 Å². The zero-order chi connectivity index (χ0) is 20.7. The van der Waals surface area contributed by atoms with Gasteiger partial charge in [-0.05, 0) is 24.8 Å². The summed E-state index contributed by atoms with van der Waals surface area (Å²) in [5.74, 6) is 1.15. The standard InChI is InChI=1S/C20H30N7O2/c1-26(13-6-11(7-13)2-3-16(21)22)9-12-8-15(18(29)17(12)28)27-5-4-14-19(23)24-10-25-20(14)27/h4-5,9-13,15,17-18,28-29H,2-3,6-8H2,1H3,(H3,21,22)(H2,23,24,25)/q+1. The molecule has 0 bridgehead atoms. The van der Waals surface area contributed by atoms with Crippen LogP contribution in [0.15, 0.2) is 18.6 Å². The van der Waals surface area contributed by atoms with Crippen molar-refractivity contribution in [1.82, 2.24) is 14.5 Å². The highest BCUT2D eigenvalue weighted by Gasteiger charge is 2.45. The number of nitrogen functional groups attached to an aromatic ring is 1. The third kappa shape index (κ3) is 3.72. The Labute approximate surface area is 169 Å². The fraction of sp³-hybridized carbons (Fsp3) is 0.600. The van der Waals surface area contributed by atoms with E-state index in [2.05, 4.69) is 20.8 Å². The largest absolute Gasteiger partial charge is 0.389 e. The Morgan fingerprint density at radius 3 is 2.79 bits per heavy atom. The summed E-state index contributed by atoms with van der Waals surface area (Å²) in [5.41, 5.74) is 12.0. The van der Waals surface area contributed by atoms with E-state index in [0.29, 0.717) is 36.3 Å². The van der Waals surface area contributed by atoms with E-state index in [1.807, 2.05) is 23.9 Å². The molecule has 0 spiro atoms. The monoisotopic (exact) mass is 400 g/mol. The molecule has 2 aromatic heterocycles. The molecule has 2 heterocycles. The highest BCUT2D eigenvalue weighted by atomic mass is 16.3. The molecule has 29 heavy (non-hydrogen) atoms. The van der Waals surface area contributed by atoms with Crippen molar-refractivity contribution < 1.29 is 14.8 Å². The number of hydrogen-bond acceptors (Lipinski definition) is 6. The van der Waals surface area contributed by atoms with Crippen LogP contribution in [0.1, 0.15) is 38.1 Å². The van der Waals surface area contributed by atoms with Gasteiger partial charge in [0, 0.05) is 25.5 Å².